The molecule has 80 valence electrons. The Balaban J connectivity index is 2.31. The number of anilines is 1. The minimum Gasteiger partial charge on any atom is -0.368 e. The van der Waals surface area contributed by atoms with Crippen molar-refractivity contribution in [2.24, 2.45) is 7.05 Å². The molecule has 0 aliphatic heterocycles. The van der Waals surface area contributed by atoms with E-state index in [9.17, 15) is 0 Å². The molecular weight excluding hydrogens is 204 g/mol. The van der Waals surface area contributed by atoms with E-state index in [0.29, 0.717) is 11.6 Å². The molecule has 0 saturated heterocycles. The minimum atomic E-state index is 0.308. The summed E-state index contributed by atoms with van der Waals surface area (Å²) >= 11 is 0. The molecule has 0 saturated carbocycles. The molecule has 0 aliphatic carbocycles. The van der Waals surface area contributed by atoms with Crippen molar-refractivity contribution in [2.45, 2.75) is 0 Å². The van der Waals surface area contributed by atoms with Crippen LogP contribution in [0.2, 0.25) is 0 Å². The predicted molar refractivity (Wildman–Crippen MR) is 60.6 cm³/mol. The Morgan fingerprint density at radius 1 is 1.38 bits per heavy atom. The molecule has 5 nitrogen and oxygen atoms in total. The van der Waals surface area contributed by atoms with Crippen LogP contribution < -0.4 is 5.73 Å². The van der Waals surface area contributed by atoms with Crippen molar-refractivity contribution in [1.82, 2.24) is 14.7 Å². The molecule has 0 aliphatic rings. The maximum Gasteiger partial charge on any atom is 0.222 e. The summed E-state index contributed by atoms with van der Waals surface area (Å²) in [5, 5.41) is 3.90. The number of nitrogen functional groups attached to an aromatic ring is 1. The smallest absolute Gasteiger partial charge is 0.222 e. The van der Waals surface area contributed by atoms with Crippen molar-refractivity contribution >= 4 is 16.9 Å². The zero-order valence-electron chi connectivity index (χ0n) is 8.71. The van der Waals surface area contributed by atoms with E-state index in [1.54, 1.807) is 12.4 Å². The van der Waals surface area contributed by atoms with Gasteiger partial charge in [0.15, 0.2) is 0 Å². The molecule has 0 amide bonds. The average Bonchev–Trinajstić information content (AvgIpc) is 2.86. The lowest BCUT2D eigenvalue weighted by Gasteiger charge is -1.98. The second-order valence-corrected chi connectivity index (χ2v) is 3.64. The van der Waals surface area contributed by atoms with Gasteiger partial charge in [0.2, 0.25) is 5.88 Å². The maximum absolute atomic E-state index is 5.51. The van der Waals surface area contributed by atoms with Crippen LogP contribution in [0.3, 0.4) is 0 Å². The van der Waals surface area contributed by atoms with Gasteiger partial charge in [-0.25, -0.2) is 4.98 Å². The van der Waals surface area contributed by atoms with Crippen LogP contribution in [0.1, 0.15) is 0 Å². The molecule has 2 heterocycles. The second-order valence-electron chi connectivity index (χ2n) is 3.64. The SMILES string of the molecule is Cn1cnc2c(-c3cc(N)on3)cccc21. The number of nitrogens with zero attached hydrogens (tertiary/aromatic N) is 3. The van der Waals surface area contributed by atoms with Gasteiger partial charge in [-0.3, -0.25) is 0 Å². The highest BCUT2D eigenvalue weighted by Gasteiger charge is 2.10. The largest absolute Gasteiger partial charge is 0.368 e. The first-order chi connectivity index (χ1) is 7.75. The van der Waals surface area contributed by atoms with E-state index in [2.05, 4.69) is 10.1 Å². The van der Waals surface area contributed by atoms with E-state index < -0.39 is 0 Å². The van der Waals surface area contributed by atoms with Gasteiger partial charge in [-0.05, 0) is 6.07 Å². The van der Waals surface area contributed by atoms with E-state index in [0.717, 1.165) is 16.6 Å². The molecule has 2 aromatic heterocycles. The Bertz CT molecular complexity index is 653. The minimum absolute atomic E-state index is 0.308. The molecule has 0 spiro atoms. The fourth-order valence-corrected chi connectivity index (χ4v) is 1.78. The first-order valence-electron chi connectivity index (χ1n) is 4.88. The normalized spacial score (nSPS) is 11.1. The van der Waals surface area contributed by atoms with Crippen molar-refractivity contribution < 1.29 is 4.52 Å². The van der Waals surface area contributed by atoms with Crippen LogP contribution in [0, 0.1) is 0 Å². The highest BCUT2D eigenvalue weighted by atomic mass is 16.5. The van der Waals surface area contributed by atoms with Crippen molar-refractivity contribution in [3.63, 3.8) is 0 Å². The van der Waals surface area contributed by atoms with Crippen LogP contribution >= 0.6 is 0 Å². The number of rotatable bonds is 1. The van der Waals surface area contributed by atoms with Crippen molar-refractivity contribution in [1.29, 1.82) is 0 Å². The molecule has 0 fully saturated rings. The number of fused-ring (bicyclic) bond motifs is 1. The maximum atomic E-state index is 5.51. The van der Waals surface area contributed by atoms with Crippen LogP contribution in [0.15, 0.2) is 35.1 Å². The Morgan fingerprint density at radius 3 is 3.00 bits per heavy atom. The number of aryl methyl sites for hydroxylation is 1. The van der Waals surface area contributed by atoms with Gasteiger partial charge in [-0.1, -0.05) is 17.3 Å². The summed E-state index contributed by atoms with van der Waals surface area (Å²) in [5.74, 6) is 0.308. The molecule has 16 heavy (non-hydrogen) atoms. The predicted octanol–water partition coefficient (Wildman–Crippen LogP) is 1.81. The zero-order chi connectivity index (χ0) is 11.1. The highest BCUT2D eigenvalue weighted by molar-refractivity contribution is 5.91. The van der Waals surface area contributed by atoms with E-state index in [-0.39, 0.29) is 0 Å². The molecule has 1 aromatic carbocycles. The molecule has 3 aromatic rings. The lowest BCUT2D eigenvalue weighted by molar-refractivity contribution is 0.439. The summed E-state index contributed by atoms with van der Waals surface area (Å²) in [6.45, 7) is 0. The van der Waals surface area contributed by atoms with E-state index >= 15 is 0 Å². The molecule has 0 bridgehead atoms. The molecule has 5 heteroatoms. The van der Waals surface area contributed by atoms with Crippen LogP contribution in [-0.4, -0.2) is 14.7 Å². The lowest BCUT2D eigenvalue weighted by Crippen LogP contribution is -1.84. The lowest BCUT2D eigenvalue weighted by atomic mass is 10.1. The third-order valence-electron chi connectivity index (χ3n) is 2.56. The van der Waals surface area contributed by atoms with Gasteiger partial charge in [-0.15, -0.1) is 0 Å². The van der Waals surface area contributed by atoms with Gasteiger partial charge in [0, 0.05) is 18.7 Å². The van der Waals surface area contributed by atoms with Gasteiger partial charge in [0.05, 0.1) is 17.4 Å². The molecule has 0 unspecified atom stereocenters. The van der Waals surface area contributed by atoms with Crippen molar-refractivity contribution in [3.8, 4) is 11.3 Å². The molecule has 0 radical (unpaired) electrons. The number of imidazole rings is 1. The number of aromatic nitrogens is 3. The second kappa shape index (κ2) is 3.10. The standard InChI is InChI=1S/C11H10N4O/c1-15-6-13-11-7(3-2-4-9(11)15)8-5-10(12)16-14-8/h2-6H,12H2,1H3. The van der Waals surface area contributed by atoms with Crippen LogP contribution in [0.4, 0.5) is 5.88 Å². The summed E-state index contributed by atoms with van der Waals surface area (Å²) < 4.78 is 6.83. The Labute approximate surface area is 91.5 Å². The topological polar surface area (TPSA) is 69.9 Å². The van der Waals surface area contributed by atoms with E-state index in [1.165, 1.54) is 0 Å². The zero-order valence-corrected chi connectivity index (χ0v) is 8.71. The Morgan fingerprint density at radius 2 is 2.25 bits per heavy atom. The Hall–Kier alpha value is -2.30. The quantitative estimate of drug-likeness (QED) is 0.670. The average molecular weight is 214 g/mol. The number of hydrogen-bond donors (Lipinski definition) is 1. The van der Waals surface area contributed by atoms with Gasteiger partial charge in [0.25, 0.3) is 0 Å². The number of nitrogens with two attached hydrogens (primary N) is 1. The monoisotopic (exact) mass is 214 g/mol. The molecular formula is C11H10N4O. The summed E-state index contributed by atoms with van der Waals surface area (Å²) in [7, 11) is 1.95. The van der Waals surface area contributed by atoms with Gasteiger partial charge < -0.3 is 14.8 Å². The fraction of sp³-hybridized carbons (Fsp3) is 0.0909. The van der Waals surface area contributed by atoms with Crippen LogP contribution in [0.5, 0.6) is 0 Å². The van der Waals surface area contributed by atoms with Crippen molar-refractivity contribution in [3.05, 3.63) is 30.6 Å². The van der Waals surface area contributed by atoms with Crippen molar-refractivity contribution in [2.75, 3.05) is 5.73 Å². The molecule has 3 rings (SSSR count). The summed E-state index contributed by atoms with van der Waals surface area (Å²) in [6, 6.07) is 7.62. The van der Waals surface area contributed by atoms with Crippen LogP contribution in [0.25, 0.3) is 22.3 Å². The third-order valence-corrected chi connectivity index (χ3v) is 2.56. The van der Waals surface area contributed by atoms with Crippen LogP contribution in [-0.2, 0) is 7.05 Å². The number of benzene rings is 1. The van der Waals surface area contributed by atoms with Gasteiger partial charge in [0.1, 0.15) is 5.69 Å². The first-order valence-corrected chi connectivity index (χ1v) is 4.88. The first kappa shape index (κ1) is 8.96. The number of hydrogen-bond acceptors (Lipinski definition) is 4. The summed E-state index contributed by atoms with van der Waals surface area (Å²) in [5.41, 5.74) is 9.11. The van der Waals surface area contributed by atoms with Gasteiger partial charge in [-0.2, -0.15) is 0 Å². The molecule has 0 atom stereocenters. The fourth-order valence-electron chi connectivity index (χ4n) is 1.78. The number of para-hydroxylation sites is 1. The molecule has 2 N–H and O–H groups in total. The van der Waals surface area contributed by atoms with E-state index in [4.69, 9.17) is 10.3 Å². The Kier molecular flexibility index (Phi) is 1.73. The summed E-state index contributed by atoms with van der Waals surface area (Å²) in [4.78, 5) is 4.34. The highest BCUT2D eigenvalue weighted by Crippen LogP contribution is 2.27. The summed E-state index contributed by atoms with van der Waals surface area (Å²) in [6.07, 6.45) is 1.78. The third kappa shape index (κ3) is 1.18. The van der Waals surface area contributed by atoms with E-state index in [1.807, 2.05) is 29.8 Å². The van der Waals surface area contributed by atoms with Gasteiger partial charge >= 0.3 is 0 Å².